The summed E-state index contributed by atoms with van der Waals surface area (Å²) in [6, 6.07) is 30.1. The second-order valence-corrected chi connectivity index (χ2v) is 6.64. The van der Waals surface area contributed by atoms with E-state index in [1.54, 1.807) is 17.3 Å². The Morgan fingerprint density at radius 3 is 1.48 bits per heavy atom. The van der Waals surface area contributed by atoms with Gasteiger partial charge in [0.15, 0.2) is 0 Å². The Morgan fingerprint density at radius 2 is 1.21 bits per heavy atom. The van der Waals surface area contributed by atoms with Crippen molar-refractivity contribution >= 4 is 5.97 Å². The van der Waals surface area contributed by atoms with Gasteiger partial charge >= 0.3 is 5.97 Å². The fraction of sp³-hybridized carbons (Fsp3) is 0.208. The van der Waals surface area contributed by atoms with E-state index in [-0.39, 0.29) is 6.54 Å². The average molecular weight is 390 g/mol. The predicted octanol–water partition coefficient (Wildman–Crippen LogP) is 4.16. The Labute approximate surface area is 171 Å². The van der Waals surface area contributed by atoms with Crippen LogP contribution in [-0.2, 0) is 15.2 Å². The van der Waals surface area contributed by atoms with Crippen LogP contribution in [0.1, 0.15) is 23.6 Å². The van der Waals surface area contributed by atoms with E-state index in [2.05, 4.69) is 0 Å². The van der Waals surface area contributed by atoms with Gasteiger partial charge in [-0.05, 0) is 16.7 Å². The molecule has 150 valence electrons. The number of hydrazine groups is 1. The molecular weight excluding hydrogens is 364 g/mol. The summed E-state index contributed by atoms with van der Waals surface area (Å²) in [5.41, 5.74) is 2.05. The van der Waals surface area contributed by atoms with Crippen LogP contribution in [0.15, 0.2) is 91.0 Å². The number of carbonyl (C=O) groups is 1. The van der Waals surface area contributed by atoms with Gasteiger partial charge < -0.3 is 5.11 Å². The average Bonchev–Trinajstić information content (AvgIpc) is 2.78. The Morgan fingerprint density at radius 1 is 0.828 bits per heavy atom. The lowest BCUT2D eigenvalue weighted by molar-refractivity contribution is -0.307. The monoisotopic (exact) mass is 390 g/mol. The van der Waals surface area contributed by atoms with Crippen LogP contribution in [-0.4, -0.2) is 41.5 Å². The minimum absolute atomic E-state index is 0.182. The minimum atomic E-state index is -0.919. The summed E-state index contributed by atoms with van der Waals surface area (Å²) in [4.78, 5) is 17.5. The molecule has 0 heterocycles. The molecule has 0 saturated heterocycles. The summed E-state index contributed by atoms with van der Waals surface area (Å²) in [5, 5.41) is 12.9. The highest BCUT2D eigenvalue weighted by Crippen LogP contribution is 2.43. The third-order valence-corrected chi connectivity index (χ3v) is 4.97. The first-order valence-electron chi connectivity index (χ1n) is 9.62. The minimum Gasteiger partial charge on any atom is -0.480 e. The van der Waals surface area contributed by atoms with E-state index in [4.69, 9.17) is 4.84 Å². The first-order valence-corrected chi connectivity index (χ1v) is 9.62. The van der Waals surface area contributed by atoms with E-state index >= 15 is 0 Å². The second kappa shape index (κ2) is 9.47. The van der Waals surface area contributed by atoms with Crippen molar-refractivity contribution in [3.63, 3.8) is 0 Å². The van der Waals surface area contributed by atoms with E-state index in [0.29, 0.717) is 6.54 Å². The molecule has 0 unspecified atom stereocenters. The largest absolute Gasteiger partial charge is 0.480 e. The van der Waals surface area contributed by atoms with Crippen molar-refractivity contribution in [2.24, 2.45) is 0 Å². The molecular formula is C24H26N2O3. The lowest BCUT2D eigenvalue weighted by Crippen LogP contribution is -2.57. The molecule has 0 radical (unpaired) electrons. The number of hydrogen-bond donors (Lipinski definition) is 1. The Balaban J connectivity index is 2.36. The molecule has 3 aromatic rings. The number of benzene rings is 3. The van der Waals surface area contributed by atoms with Crippen molar-refractivity contribution in [3.8, 4) is 0 Å². The molecule has 0 spiro atoms. The van der Waals surface area contributed by atoms with Gasteiger partial charge in [-0.3, -0.25) is 9.63 Å². The molecule has 0 aliphatic rings. The summed E-state index contributed by atoms with van der Waals surface area (Å²) < 4.78 is 0. The number of hydroxylamine groups is 1. The van der Waals surface area contributed by atoms with E-state index in [0.717, 1.165) is 16.7 Å². The summed E-state index contributed by atoms with van der Waals surface area (Å²) in [5.74, 6) is -0.919. The lowest BCUT2D eigenvalue weighted by atomic mass is 9.77. The highest BCUT2D eigenvalue weighted by atomic mass is 16.7. The molecule has 0 bridgehead atoms. The Hall–Kier alpha value is -2.99. The van der Waals surface area contributed by atoms with Gasteiger partial charge in [0, 0.05) is 6.54 Å². The molecule has 5 nitrogen and oxygen atoms in total. The molecule has 3 aromatic carbocycles. The summed E-state index contributed by atoms with van der Waals surface area (Å²) in [6.45, 7) is 2.20. The smallest absolute Gasteiger partial charge is 0.319 e. The van der Waals surface area contributed by atoms with Crippen LogP contribution in [0.5, 0.6) is 0 Å². The van der Waals surface area contributed by atoms with Gasteiger partial charge in [0.1, 0.15) is 12.1 Å². The highest BCUT2D eigenvalue weighted by Gasteiger charge is 2.46. The fourth-order valence-corrected chi connectivity index (χ4v) is 3.79. The zero-order chi connectivity index (χ0) is 20.7. The number of aliphatic carboxylic acids is 1. The van der Waals surface area contributed by atoms with Gasteiger partial charge in [0.25, 0.3) is 0 Å². The zero-order valence-corrected chi connectivity index (χ0v) is 16.7. The molecule has 5 heteroatoms. The molecule has 3 rings (SSSR count). The van der Waals surface area contributed by atoms with E-state index in [1.165, 1.54) is 0 Å². The van der Waals surface area contributed by atoms with Crippen molar-refractivity contribution in [2.45, 2.75) is 12.5 Å². The number of likely N-dealkylation sites (N-methyl/N-ethyl adjacent to an activating group) is 1. The van der Waals surface area contributed by atoms with E-state index in [1.807, 2.05) is 97.9 Å². The quantitative estimate of drug-likeness (QED) is 0.439. The molecule has 1 N–H and O–H groups in total. The third kappa shape index (κ3) is 4.07. The van der Waals surface area contributed by atoms with Crippen LogP contribution >= 0.6 is 0 Å². The van der Waals surface area contributed by atoms with Gasteiger partial charge in [-0.2, -0.15) is 0 Å². The SMILES string of the molecule is CCN(CC(=O)O)N(OC)C(c1ccccc1)(c1ccccc1)c1ccccc1. The first kappa shape index (κ1) is 20.7. The van der Waals surface area contributed by atoms with Crippen LogP contribution in [0.25, 0.3) is 0 Å². The normalized spacial score (nSPS) is 11.7. The van der Waals surface area contributed by atoms with E-state index < -0.39 is 11.5 Å². The van der Waals surface area contributed by atoms with Crippen LogP contribution in [0.4, 0.5) is 0 Å². The molecule has 0 fully saturated rings. The highest BCUT2D eigenvalue weighted by molar-refractivity contribution is 5.69. The standard InChI is InChI=1S/C24H26N2O3/c1-3-25(19-23(27)28)26(29-2)24(20-13-7-4-8-14-20,21-15-9-5-10-16-21)22-17-11-6-12-18-22/h4-18H,3,19H2,1-2H3,(H,27,28). The molecule has 29 heavy (non-hydrogen) atoms. The van der Waals surface area contributed by atoms with Crippen molar-refractivity contribution in [3.05, 3.63) is 108 Å². The number of hydrogen-bond acceptors (Lipinski definition) is 4. The van der Waals surface area contributed by atoms with Gasteiger partial charge in [-0.15, -0.1) is 5.17 Å². The van der Waals surface area contributed by atoms with Crippen molar-refractivity contribution in [1.82, 2.24) is 10.2 Å². The lowest BCUT2D eigenvalue weighted by Gasteiger charge is -2.47. The van der Waals surface area contributed by atoms with Gasteiger partial charge in [0.05, 0.1) is 7.11 Å². The zero-order valence-electron chi connectivity index (χ0n) is 16.7. The number of carboxylic acid groups (broad SMARTS) is 1. The molecule has 0 aromatic heterocycles. The van der Waals surface area contributed by atoms with E-state index in [9.17, 15) is 9.90 Å². The number of rotatable bonds is 9. The maximum absolute atomic E-state index is 11.6. The Bertz CT molecular complexity index is 805. The molecule has 0 saturated carbocycles. The van der Waals surface area contributed by atoms with Crippen molar-refractivity contribution in [1.29, 1.82) is 0 Å². The maximum Gasteiger partial charge on any atom is 0.319 e. The maximum atomic E-state index is 11.6. The number of carboxylic acids is 1. The fourth-order valence-electron chi connectivity index (χ4n) is 3.79. The van der Waals surface area contributed by atoms with Crippen molar-refractivity contribution in [2.75, 3.05) is 20.2 Å². The summed E-state index contributed by atoms with van der Waals surface area (Å²) in [6.07, 6.45) is 0. The first-order chi connectivity index (χ1) is 14.1. The molecule has 0 aliphatic carbocycles. The van der Waals surface area contributed by atoms with Crippen LogP contribution in [0.3, 0.4) is 0 Å². The Kier molecular flexibility index (Phi) is 6.77. The third-order valence-electron chi connectivity index (χ3n) is 4.97. The summed E-state index contributed by atoms with van der Waals surface area (Å²) in [7, 11) is 1.58. The molecule has 0 atom stereocenters. The van der Waals surface area contributed by atoms with Gasteiger partial charge in [-0.25, -0.2) is 5.01 Å². The molecule has 0 aliphatic heterocycles. The number of nitrogens with zero attached hydrogens (tertiary/aromatic N) is 2. The predicted molar refractivity (Wildman–Crippen MR) is 113 cm³/mol. The van der Waals surface area contributed by atoms with Crippen LogP contribution < -0.4 is 0 Å². The summed E-state index contributed by atoms with van der Waals surface area (Å²) >= 11 is 0. The van der Waals surface area contributed by atoms with Gasteiger partial charge in [-0.1, -0.05) is 97.9 Å². The second-order valence-electron chi connectivity index (χ2n) is 6.64. The van der Waals surface area contributed by atoms with Crippen LogP contribution in [0.2, 0.25) is 0 Å². The van der Waals surface area contributed by atoms with Crippen molar-refractivity contribution < 1.29 is 14.7 Å². The topological polar surface area (TPSA) is 53.0 Å². The molecule has 0 amide bonds. The van der Waals surface area contributed by atoms with Crippen LogP contribution in [0, 0.1) is 0 Å². The van der Waals surface area contributed by atoms with Gasteiger partial charge in [0.2, 0.25) is 0 Å².